The topological polar surface area (TPSA) is 18.8 Å². The number of fused-ring (bicyclic) bond motifs is 1. The van der Waals surface area contributed by atoms with Crippen LogP contribution >= 0.6 is 11.8 Å². The number of rotatable bonds is 1. The fourth-order valence-electron chi connectivity index (χ4n) is 2.75. The summed E-state index contributed by atoms with van der Waals surface area (Å²) in [5.41, 5.74) is 2.59. The van der Waals surface area contributed by atoms with Crippen molar-refractivity contribution in [3.8, 4) is 0 Å². The fraction of sp³-hybridized carbons (Fsp3) is 0.400. The molecule has 0 saturated carbocycles. The number of benzene rings is 1. The minimum atomic E-state index is 1.20. The van der Waals surface area contributed by atoms with Crippen molar-refractivity contribution in [2.75, 3.05) is 19.3 Å². The zero-order chi connectivity index (χ0) is 12.4. The van der Waals surface area contributed by atoms with Gasteiger partial charge in [-0.05, 0) is 18.7 Å². The Morgan fingerprint density at radius 1 is 1.17 bits per heavy atom. The van der Waals surface area contributed by atoms with Gasteiger partial charge in [0.2, 0.25) is 5.04 Å². The van der Waals surface area contributed by atoms with Crippen LogP contribution in [-0.2, 0) is 0 Å². The van der Waals surface area contributed by atoms with Gasteiger partial charge in [0.25, 0.3) is 0 Å². The van der Waals surface area contributed by atoms with Crippen LogP contribution in [-0.4, -0.2) is 33.9 Å². The molecular weight excluding hydrogens is 240 g/mol. The van der Waals surface area contributed by atoms with Crippen molar-refractivity contribution in [3.63, 3.8) is 0 Å². The van der Waals surface area contributed by atoms with Gasteiger partial charge in [-0.1, -0.05) is 30.0 Å². The van der Waals surface area contributed by atoms with E-state index in [4.69, 9.17) is 0 Å². The SMILES string of the molecule is CSC(c1c[nH]c2ccccc12)=[N+]1CCCCC1. The highest BCUT2D eigenvalue weighted by molar-refractivity contribution is 8.13. The second-order valence-electron chi connectivity index (χ2n) is 4.80. The van der Waals surface area contributed by atoms with Crippen LogP contribution < -0.4 is 0 Å². The molecule has 0 aliphatic carbocycles. The van der Waals surface area contributed by atoms with E-state index in [1.54, 1.807) is 0 Å². The van der Waals surface area contributed by atoms with E-state index in [9.17, 15) is 0 Å². The van der Waals surface area contributed by atoms with Crippen molar-refractivity contribution in [3.05, 3.63) is 36.0 Å². The predicted molar refractivity (Wildman–Crippen MR) is 79.8 cm³/mol. The average molecular weight is 259 g/mol. The van der Waals surface area contributed by atoms with E-state index in [0.29, 0.717) is 0 Å². The summed E-state index contributed by atoms with van der Waals surface area (Å²) in [5.74, 6) is 0. The van der Waals surface area contributed by atoms with Gasteiger partial charge < -0.3 is 4.98 Å². The molecule has 0 radical (unpaired) electrons. The summed E-state index contributed by atoms with van der Waals surface area (Å²) in [6.45, 7) is 2.41. The van der Waals surface area contributed by atoms with Crippen LogP contribution in [0.2, 0.25) is 0 Å². The summed E-state index contributed by atoms with van der Waals surface area (Å²) in [4.78, 5) is 3.38. The minimum Gasteiger partial charge on any atom is -0.360 e. The molecule has 0 atom stereocenters. The lowest BCUT2D eigenvalue weighted by Gasteiger charge is -2.12. The molecule has 1 N–H and O–H groups in total. The fourth-order valence-corrected chi connectivity index (χ4v) is 3.58. The number of piperidine rings is 1. The predicted octanol–water partition coefficient (Wildman–Crippen LogP) is 3.47. The molecule has 2 aromatic rings. The number of para-hydroxylation sites is 1. The minimum absolute atomic E-state index is 1.20. The maximum atomic E-state index is 3.38. The number of thioether (sulfide) groups is 1. The number of hydrogen-bond donors (Lipinski definition) is 1. The Morgan fingerprint density at radius 3 is 2.72 bits per heavy atom. The van der Waals surface area contributed by atoms with Crippen LogP contribution in [0, 0.1) is 0 Å². The van der Waals surface area contributed by atoms with Gasteiger partial charge in [-0.2, -0.15) is 0 Å². The zero-order valence-corrected chi connectivity index (χ0v) is 11.6. The summed E-state index contributed by atoms with van der Waals surface area (Å²) in [5, 5.41) is 2.76. The van der Waals surface area contributed by atoms with Gasteiger partial charge in [0.15, 0.2) is 0 Å². The lowest BCUT2D eigenvalue weighted by Crippen LogP contribution is -2.26. The lowest BCUT2D eigenvalue weighted by atomic mass is 10.1. The first-order chi connectivity index (χ1) is 8.90. The molecule has 1 aromatic carbocycles. The third kappa shape index (κ3) is 2.07. The molecule has 1 saturated heterocycles. The molecule has 1 aliphatic rings. The Labute approximate surface area is 112 Å². The summed E-state index contributed by atoms with van der Waals surface area (Å²) >= 11 is 1.87. The quantitative estimate of drug-likeness (QED) is 0.613. The van der Waals surface area contributed by atoms with E-state index in [1.807, 2.05) is 11.8 Å². The first-order valence-electron chi connectivity index (χ1n) is 6.62. The Bertz CT molecular complexity index is 575. The Hall–Kier alpha value is -1.22. The third-order valence-electron chi connectivity index (χ3n) is 3.66. The number of nitrogens with one attached hydrogen (secondary N) is 1. The van der Waals surface area contributed by atoms with Gasteiger partial charge in [-0.15, -0.1) is 0 Å². The summed E-state index contributed by atoms with van der Waals surface area (Å²) in [7, 11) is 0. The molecule has 3 heteroatoms. The molecule has 94 valence electrons. The van der Waals surface area contributed by atoms with Crippen molar-refractivity contribution in [2.24, 2.45) is 0 Å². The molecule has 2 nitrogen and oxygen atoms in total. The monoisotopic (exact) mass is 259 g/mol. The normalized spacial score (nSPS) is 16.2. The standard InChI is InChI=1S/C15H18N2S/c1-18-15(17-9-5-2-6-10-17)13-11-16-14-8-4-3-7-12(13)14/h3-4,7-8,11H,2,5-6,9-10H2,1H3/p+1. The molecule has 1 aromatic heterocycles. The van der Waals surface area contributed by atoms with Crippen molar-refractivity contribution in [1.29, 1.82) is 0 Å². The van der Waals surface area contributed by atoms with E-state index < -0.39 is 0 Å². The van der Waals surface area contributed by atoms with Crippen LogP contribution in [0.1, 0.15) is 24.8 Å². The van der Waals surface area contributed by atoms with E-state index in [2.05, 4.69) is 46.3 Å². The number of H-pyrrole nitrogens is 1. The number of aromatic amines is 1. The Balaban J connectivity index is 2.11. The van der Waals surface area contributed by atoms with Gasteiger partial charge in [-0.3, -0.25) is 0 Å². The van der Waals surface area contributed by atoms with Crippen molar-refractivity contribution < 1.29 is 4.58 Å². The van der Waals surface area contributed by atoms with Gasteiger partial charge in [0, 0.05) is 29.9 Å². The molecule has 18 heavy (non-hydrogen) atoms. The highest BCUT2D eigenvalue weighted by atomic mass is 32.2. The summed E-state index contributed by atoms with van der Waals surface area (Å²) in [6.07, 6.45) is 8.38. The third-order valence-corrected chi connectivity index (χ3v) is 4.52. The highest BCUT2D eigenvalue weighted by Crippen LogP contribution is 2.23. The number of aromatic nitrogens is 1. The van der Waals surface area contributed by atoms with E-state index in [0.717, 1.165) is 0 Å². The first-order valence-corrected chi connectivity index (χ1v) is 7.85. The average Bonchev–Trinajstić information content (AvgIpc) is 2.85. The Kier molecular flexibility index (Phi) is 3.41. The van der Waals surface area contributed by atoms with Crippen LogP contribution in [0.4, 0.5) is 0 Å². The summed E-state index contributed by atoms with van der Waals surface area (Å²) in [6, 6.07) is 8.56. The van der Waals surface area contributed by atoms with E-state index >= 15 is 0 Å². The second kappa shape index (κ2) is 5.19. The Morgan fingerprint density at radius 2 is 1.94 bits per heavy atom. The van der Waals surface area contributed by atoms with Gasteiger partial charge in [0.05, 0.1) is 5.56 Å². The van der Waals surface area contributed by atoms with Crippen LogP contribution in [0.5, 0.6) is 0 Å². The zero-order valence-electron chi connectivity index (χ0n) is 10.8. The van der Waals surface area contributed by atoms with Crippen LogP contribution in [0.25, 0.3) is 10.9 Å². The van der Waals surface area contributed by atoms with Crippen molar-refractivity contribution in [1.82, 2.24) is 4.98 Å². The van der Waals surface area contributed by atoms with Gasteiger partial charge in [0.1, 0.15) is 13.1 Å². The maximum Gasteiger partial charge on any atom is 0.243 e. The molecule has 1 fully saturated rings. The lowest BCUT2D eigenvalue weighted by molar-refractivity contribution is -0.534. The van der Waals surface area contributed by atoms with E-state index in [-0.39, 0.29) is 0 Å². The molecule has 0 bridgehead atoms. The highest BCUT2D eigenvalue weighted by Gasteiger charge is 2.21. The van der Waals surface area contributed by atoms with Crippen LogP contribution in [0.3, 0.4) is 0 Å². The molecule has 3 rings (SSSR count). The maximum absolute atomic E-state index is 3.38. The number of nitrogens with zero attached hydrogens (tertiary/aromatic N) is 1. The molecule has 0 amide bonds. The molecule has 2 heterocycles. The van der Waals surface area contributed by atoms with Gasteiger partial charge >= 0.3 is 0 Å². The molecular formula is C15H19N2S+. The first kappa shape index (κ1) is 11.8. The molecule has 0 spiro atoms. The van der Waals surface area contributed by atoms with Gasteiger partial charge in [-0.25, -0.2) is 4.58 Å². The summed E-state index contributed by atoms with van der Waals surface area (Å²) < 4.78 is 2.55. The van der Waals surface area contributed by atoms with E-state index in [1.165, 1.54) is 53.9 Å². The smallest absolute Gasteiger partial charge is 0.243 e. The van der Waals surface area contributed by atoms with Crippen LogP contribution in [0.15, 0.2) is 30.5 Å². The largest absolute Gasteiger partial charge is 0.360 e. The van der Waals surface area contributed by atoms with Crippen molar-refractivity contribution in [2.45, 2.75) is 19.3 Å². The number of hydrogen-bond acceptors (Lipinski definition) is 1. The molecule has 1 aliphatic heterocycles. The second-order valence-corrected chi connectivity index (χ2v) is 5.60. The molecule has 0 unspecified atom stereocenters. The van der Waals surface area contributed by atoms with Crippen molar-refractivity contribution >= 4 is 27.7 Å².